The third-order valence-electron chi connectivity index (χ3n) is 4.61. The molecular weight excluding hydrogens is 302 g/mol. The van der Waals surface area contributed by atoms with Crippen molar-refractivity contribution in [1.82, 2.24) is 0 Å². The monoisotopic (exact) mass is 345 g/mol. The molecule has 0 amide bonds. The van der Waals surface area contributed by atoms with E-state index in [0.29, 0.717) is 6.54 Å². The Morgan fingerprint density at radius 2 is 1.00 bits per heavy atom. The van der Waals surface area contributed by atoms with E-state index >= 15 is 0 Å². The Balaban J connectivity index is 3.58. The van der Waals surface area contributed by atoms with Crippen molar-refractivity contribution < 1.29 is 14.9 Å². The zero-order valence-corrected chi connectivity index (χ0v) is 16.5. The van der Waals surface area contributed by atoms with Gasteiger partial charge in [0.1, 0.15) is 25.3 Å². The van der Waals surface area contributed by atoms with E-state index in [2.05, 4.69) is 6.92 Å². The number of rotatable bonds is 17. The van der Waals surface area contributed by atoms with Gasteiger partial charge in [0, 0.05) is 0 Å². The molecular formula is C20H43NO3. The van der Waals surface area contributed by atoms with Gasteiger partial charge in [-0.05, 0) is 26.7 Å². The van der Waals surface area contributed by atoms with Crippen molar-refractivity contribution in [2.24, 2.45) is 0 Å². The molecule has 0 bridgehead atoms. The minimum atomic E-state index is -0.612. The number of hydrogen-bond donors (Lipinski definition) is 2. The smallest absolute Gasteiger partial charge is 0.104 e. The fourth-order valence-corrected chi connectivity index (χ4v) is 3.46. The molecule has 2 atom stereocenters. The van der Waals surface area contributed by atoms with Crippen LogP contribution in [-0.2, 0) is 0 Å². The summed E-state index contributed by atoms with van der Waals surface area (Å²) in [5.74, 6) is 0. The summed E-state index contributed by atoms with van der Waals surface area (Å²) in [5, 5.41) is 31.6. The summed E-state index contributed by atoms with van der Waals surface area (Å²) < 4.78 is -0.465. The number of unbranched alkanes of at least 4 members (excludes halogenated alkanes) is 11. The molecule has 2 unspecified atom stereocenters. The molecule has 0 rings (SSSR count). The normalized spacial score (nSPS) is 16.8. The minimum Gasteiger partial charge on any atom is -0.633 e. The number of hydroxylamine groups is 3. The highest BCUT2D eigenvalue weighted by Gasteiger charge is 2.21. The highest BCUT2D eigenvalue weighted by atomic mass is 16.5. The van der Waals surface area contributed by atoms with Crippen molar-refractivity contribution in [2.45, 2.75) is 110 Å². The van der Waals surface area contributed by atoms with Crippen LogP contribution in [0.25, 0.3) is 0 Å². The molecule has 24 heavy (non-hydrogen) atoms. The summed E-state index contributed by atoms with van der Waals surface area (Å²) in [6.07, 6.45) is 14.1. The SMILES string of the molecule is CCCCCCCCCCCCCC[N+]([O-])(CC(C)O)CC(C)O. The molecule has 0 spiro atoms. The Morgan fingerprint density at radius 3 is 1.33 bits per heavy atom. The Morgan fingerprint density at radius 1 is 0.667 bits per heavy atom. The predicted octanol–water partition coefficient (Wildman–Crippen LogP) is 4.76. The standard InChI is InChI=1S/C20H43NO3/c1-4-5-6-7-8-9-10-11-12-13-14-15-16-21(24,17-19(2)22)18-20(3)23/h19-20,22-23H,4-18H2,1-3H3. The van der Waals surface area contributed by atoms with Crippen molar-refractivity contribution in [3.05, 3.63) is 5.21 Å². The van der Waals surface area contributed by atoms with E-state index in [1.807, 2.05) is 0 Å². The topological polar surface area (TPSA) is 63.5 Å². The predicted molar refractivity (Wildman–Crippen MR) is 103 cm³/mol. The number of aliphatic hydroxyl groups is 2. The highest BCUT2D eigenvalue weighted by molar-refractivity contribution is 4.55. The van der Waals surface area contributed by atoms with Gasteiger partial charge in [-0.1, -0.05) is 71.1 Å². The molecule has 0 fully saturated rings. The number of quaternary nitrogens is 1. The van der Waals surface area contributed by atoms with Crippen molar-refractivity contribution in [3.63, 3.8) is 0 Å². The second kappa shape index (κ2) is 15.1. The first-order valence-corrected chi connectivity index (χ1v) is 10.3. The molecule has 146 valence electrons. The average molecular weight is 346 g/mol. The molecule has 0 saturated carbocycles. The Labute approximate surface area is 150 Å². The van der Waals surface area contributed by atoms with Gasteiger partial charge in [-0.3, -0.25) is 0 Å². The zero-order chi connectivity index (χ0) is 18.3. The third kappa shape index (κ3) is 15.4. The van der Waals surface area contributed by atoms with Gasteiger partial charge in [0.2, 0.25) is 0 Å². The summed E-state index contributed by atoms with van der Waals surface area (Å²) in [6, 6.07) is 0. The quantitative estimate of drug-likeness (QED) is 0.227. The van der Waals surface area contributed by atoms with Gasteiger partial charge in [-0.2, -0.15) is 0 Å². The van der Waals surface area contributed by atoms with Crippen LogP contribution in [0.15, 0.2) is 0 Å². The van der Waals surface area contributed by atoms with E-state index in [9.17, 15) is 15.4 Å². The molecule has 0 saturated heterocycles. The fraction of sp³-hybridized carbons (Fsp3) is 1.00. The Bertz CT molecular complexity index is 260. The Hall–Kier alpha value is -0.160. The van der Waals surface area contributed by atoms with Crippen molar-refractivity contribution in [3.8, 4) is 0 Å². The number of nitrogens with zero attached hydrogens (tertiary/aromatic N) is 1. The van der Waals surface area contributed by atoms with Crippen LogP contribution < -0.4 is 0 Å². The van der Waals surface area contributed by atoms with Crippen LogP contribution in [0.1, 0.15) is 97.8 Å². The number of aliphatic hydroxyl groups excluding tert-OH is 2. The van der Waals surface area contributed by atoms with Gasteiger partial charge in [-0.25, -0.2) is 0 Å². The van der Waals surface area contributed by atoms with Crippen LogP contribution in [0, 0.1) is 5.21 Å². The highest BCUT2D eigenvalue weighted by Crippen LogP contribution is 2.14. The van der Waals surface area contributed by atoms with Crippen LogP contribution in [0.2, 0.25) is 0 Å². The van der Waals surface area contributed by atoms with E-state index in [0.717, 1.165) is 12.8 Å². The summed E-state index contributed by atoms with van der Waals surface area (Å²) in [4.78, 5) is 0. The van der Waals surface area contributed by atoms with E-state index < -0.39 is 16.9 Å². The van der Waals surface area contributed by atoms with Crippen LogP contribution in [0.4, 0.5) is 0 Å². The summed E-state index contributed by atoms with van der Waals surface area (Å²) in [6.45, 7) is 6.42. The maximum absolute atomic E-state index is 12.6. The van der Waals surface area contributed by atoms with E-state index in [1.54, 1.807) is 13.8 Å². The molecule has 0 aliphatic rings. The van der Waals surface area contributed by atoms with Gasteiger partial charge in [-0.15, -0.1) is 0 Å². The molecule has 0 aliphatic heterocycles. The lowest BCUT2D eigenvalue weighted by atomic mass is 10.1. The third-order valence-corrected chi connectivity index (χ3v) is 4.61. The van der Waals surface area contributed by atoms with Crippen LogP contribution in [0.5, 0.6) is 0 Å². The van der Waals surface area contributed by atoms with Gasteiger partial charge < -0.3 is 20.1 Å². The second-order valence-electron chi connectivity index (χ2n) is 7.73. The van der Waals surface area contributed by atoms with Gasteiger partial charge >= 0.3 is 0 Å². The molecule has 0 aliphatic carbocycles. The maximum atomic E-state index is 12.6. The van der Waals surface area contributed by atoms with Crippen LogP contribution in [0.3, 0.4) is 0 Å². The van der Waals surface area contributed by atoms with E-state index in [1.165, 1.54) is 64.2 Å². The average Bonchev–Trinajstić information content (AvgIpc) is 2.46. The molecule has 0 radical (unpaired) electrons. The van der Waals surface area contributed by atoms with Gasteiger partial charge in [0.05, 0.1) is 6.54 Å². The van der Waals surface area contributed by atoms with Crippen LogP contribution >= 0.6 is 0 Å². The lowest BCUT2D eigenvalue weighted by Crippen LogP contribution is -2.50. The number of hydrogen-bond acceptors (Lipinski definition) is 3. The zero-order valence-electron chi connectivity index (χ0n) is 16.5. The van der Waals surface area contributed by atoms with Crippen LogP contribution in [-0.4, -0.2) is 46.7 Å². The van der Waals surface area contributed by atoms with Crippen molar-refractivity contribution in [1.29, 1.82) is 0 Å². The molecule has 4 heteroatoms. The van der Waals surface area contributed by atoms with E-state index in [-0.39, 0.29) is 13.1 Å². The molecule has 0 aromatic heterocycles. The van der Waals surface area contributed by atoms with Gasteiger partial charge in [0.15, 0.2) is 0 Å². The first-order valence-electron chi connectivity index (χ1n) is 10.3. The first-order chi connectivity index (χ1) is 11.4. The lowest BCUT2D eigenvalue weighted by molar-refractivity contribution is -0.886. The van der Waals surface area contributed by atoms with E-state index in [4.69, 9.17) is 0 Å². The molecule has 4 nitrogen and oxygen atoms in total. The summed E-state index contributed by atoms with van der Waals surface area (Å²) in [5.41, 5.74) is 0. The lowest BCUT2D eigenvalue weighted by Gasteiger charge is -2.44. The summed E-state index contributed by atoms with van der Waals surface area (Å²) >= 11 is 0. The van der Waals surface area contributed by atoms with Gasteiger partial charge in [0.25, 0.3) is 0 Å². The first kappa shape index (κ1) is 23.8. The van der Waals surface area contributed by atoms with Crippen molar-refractivity contribution >= 4 is 0 Å². The maximum Gasteiger partial charge on any atom is 0.104 e. The molecule has 0 aromatic rings. The molecule has 0 aromatic carbocycles. The van der Waals surface area contributed by atoms with Crippen molar-refractivity contribution in [2.75, 3.05) is 19.6 Å². The minimum absolute atomic E-state index is 0.183. The molecule has 0 heterocycles. The largest absolute Gasteiger partial charge is 0.633 e. The summed E-state index contributed by atoms with van der Waals surface area (Å²) in [7, 11) is 0. The Kier molecular flexibility index (Phi) is 15.0. The molecule has 2 N–H and O–H groups in total. The second-order valence-corrected chi connectivity index (χ2v) is 7.73. The fourth-order valence-electron chi connectivity index (χ4n) is 3.46.